The minimum atomic E-state index is -4.85. The van der Waals surface area contributed by atoms with Gasteiger partial charge in [-0.3, -0.25) is 20.0 Å². The summed E-state index contributed by atoms with van der Waals surface area (Å²) in [7, 11) is -4.85. The Morgan fingerprint density at radius 2 is 2.00 bits per heavy atom. The molecule has 212 valence electrons. The number of benzene rings is 1. The van der Waals surface area contributed by atoms with Crippen molar-refractivity contribution in [2.45, 2.75) is 40.5 Å². The maximum atomic E-state index is 13.4. The van der Waals surface area contributed by atoms with Crippen LogP contribution in [0.2, 0.25) is 0 Å². The molecule has 0 radical (unpaired) electrons. The molecule has 2 aliphatic rings. The van der Waals surface area contributed by atoms with E-state index in [-0.39, 0.29) is 19.0 Å². The van der Waals surface area contributed by atoms with E-state index >= 15 is 0 Å². The predicted molar refractivity (Wildman–Crippen MR) is 142 cm³/mol. The molecule has 14 nitrogen and oxygen atoms in total. The zero-order valence-corrected chi connectivity index (χ0v) is 23.1. The Morgan fingerprint density at radius 3 is 2.67 bits per heavy atom. The van der Waals surface area contributed by atoms with E-state index in [0.717, 1.165) is 16.9 Å². The summed E-state index contributed by atoms with van der Waals surface area (Å²) < 4.78 is 19.8. The number of imide groups is 1. The first-order chi connectivity index (χ1) is 18.5. The number of hydrogen-bond acceptors (Lipinski definition) is 9. The van der Waals surface area contributed by atoms with Crippen LogP contribution in [0, 0.1) is 12.8 Å². The van der Waals surface area contributed by atoms with Crippen molar-refractivity contribution in [2.75, 3.05) is 26.4 Å². The van der Waals surface area contributed by atoms with E-state index in [4.69, 9.17) is 19.5 Å². The van der Waals surface area contributed by atoms with Crippen molar-refractivity contribution >= 4 is 43.6 Å². The second-order valence-corrected chi connectivity index (χ2v) is 10.2. The zero-order chi connectivity index (χ0) is 28.7. The number of nitrogens with one attached hydrogen (secondary N) is 2. The van der Waals surface area contributed by atoms with Crippen LogP contribution in [0.4, 0.5) is 10.5 Å². The first kappa shape index (κ1) is 30.0. The van der Waals surface area contributed by atoms with Crippen LogP contribution >= 0.6 is 7.82 Å². The van der Waals surface area contributed by atoms with Gasteiger partial charge in [0.25, 0.3) is 5.91 Å². The van der Waals surface area contributed by atoms with Crippen LogP contribution in [0.3, 0.4) is 0 Å². The van der Waals surface area contributed by atoms with Crippen molar-refractivity contribution in [2.24, 2.45) is 15.9 Å². The van der Waals surface area contributed by atoms with Gasteiger partial charge in [-0.15, -0.1) is 0 Å². The molecule has 1 aromatic rings. The Bertz CT molecular complexity index is 1260. The van der Waals surface area contributed by atoms with E-state index < -0.39 is 32.5 Å². The molecule has 0 fully saturated rings. The number of carbonyl (C=O) groups excluding carboxylic acids is 3. The number of ether oxygens (including phenoxy) is 1. The molecule has 0 aromatic heterocycles. The lowest BCUT2D eigenvalue weighted by Gasteiger charge is -2.26. The Hall–Kier alpha value is -3.58. The lowest BCUT2D eigenvalue weighted by atomic mass is 10.0. The van der Waals surface area contributed by atoms with Gasteiger partial charge in [0.2, 0.25) is 12.7 Å². The Balaban J connectivity index is 1.87. The van der Waals surface area contributed by atoms with E-state index in [0.29, 0.717) is 41.3 Å². The summed E-state index contributed by atoms with van der Waals surface area (Å²) in [4.78, 5) is 66.0. The monoisotopic (exact) mass is 564 g/mol. The third-order valence-electron chi connectivity index (χ3n) is 6.01. The number of aliphatic imine (C=N–C) groups is 2. The Labute approximate surface area is 226 Å². The molecule has 1 atom stereocenters. The van der Waals surface area contributed by atoms with Gasteiger partial charge in [0.05, 0.1) is 18.2 Å². The Kier molecular flexibility index (Phi) is 9.97. The summed E-state index contributed by atoms with van der Waals surface area (Å²) in [6, 6.07) is 5.21. The third kappa shape index (κ3) is 7.51. The highest BCUT2D eigenvalue weighted by molar-refractivity contribution is 7.46. The zero-order valence-electron chi connectivity index (χ0n) is 22.2. The number of hydrazine groups is 1. The van der Waals surface area contributed by atoms with Crippen LogP contribution < -0.4 is 10.7 Å². The maximum absolute atomic E-state index is 13.4. The number of phosphoric ester groups is 1. The summed E-state index contributed by atoms with van der Waals surface area (Å²) in [5.74, 6) is -1.18. The number of amides is 3. The molecular weight excluding hydrogens is 531 g/mol. The van der Waals surface area contributed by atoms with Crippen LogP contribution in [-0.4, -0.2) is 76.2 Å². The molecule has 4 N–H and O–H groups in total. The smallest absolute Gasteiger partial charge is 0.421 e. The number of rotatable bonds is 10. The van der Waals surface area contributed by atoms with Gasteiger partial charge in [0.15, 0.2) is 5.84 Å². The number of fused-ring (bicyclic) bond motifs is 1. The van der Waals surface area contributed by atoms with E-state index in [1.54, 1.807) is 37.1 Å². The van der Waals surface area contributed by atoms with Crippen molar-refractivity contribution in [1.29, 1.82) is 0 Å². The summed E-state index contributed by atoms with van der Waals surface area (Å²) in [5.41, 5.74) is 5.98. The van der Waals surface area contributed by atoms with Crippen molar-refractivity contribution in [1.82, 2.24) is 20.7 Å². The summed E-state index contributed by atoms with van der Waals surface area (Å²) in [6.45, 7) is 7.10. The van der Waals surface area contributed by atoms with Crippen LogP contribution in [0.1, 0.15) is 49.5 Å². The fraction of sp³-hybridized carbons (Fsp3) is 0.458. The average molecular weight is 565 g/mol. The minimum absolute atomic E-state index is 0.0314. The third-order valence-corrected chi connectivity index (χ3v) is 6.45. The quantitative estimate of drug-likeness (QED) is 0.243. The van der Waals surface area contributed by atoms with Crippen molar-refractivity contribution in [3.05, 3.63) is 40.6 Å². The van der Waals surface area contributed by atoms with Crippen LogP contribution in [-0.2, 0) is 18.6 Å². The maximum Gasteiger partial charge on any atom is 0.472 e. The van der Waals surface area contributed by atoms with E-state index in [1.807, 2.05) is 13.8 Å². The molecule has 0 spiro atoms. The first-order valence-electron chi connectivity index (χ1n) is 12.4. The van der Waals surface area contributed by atoms with Gasteiger partial charge in [-0.25, -0.2) is 28.8 Å². The van der Waals surface area contributed by atoms with Crippen molar-refractivity contribution in [3.8, 4) is 0 Å². The number of hydrogen-bond donors (Lipinski definition) is 4. The van der Waals surface area contributed by atoms with Crippen LogP contribution in [0.15, 0.2) is 39.5 Å². The highest BCUT2D eigenvalue weighted by Gasteiger charge is 2.41. The van der Waals surface area contributed by atoms with Gasteiger partial charge in [0, 0.05) is 18.7 Å². The molecular formula is C24H33N6O8P. The minimum Gasteiger partial charge on any atom is -0.421 e. The number of nitrogens with zero attached hydrogens (tertiary/aromatic N) is 4. The lowest BCUT2D eigenvalue weighted by molar-refractivity contribution is -0.133. The van der Waals surface area contributed by atoms with E-state index in [1.165, 1.54) is 6.34 Å². The fourth-order valence-electron chi connectivity index (χ4n) is 4.02. The summed E-state index contributed by atoms with van der Waals surface area (Å²) >= 11 is 0. The van der Waals surface area contributed by atoms with Crippen molar-refractivity contribution < 1.29 is 38.0 Å². The molecule has 3 amide bonds. The molecule has 3 rings (SSSR count). The number of carbonyl (C=O) groups is 3. The molecule has 0 saturated heterocycles. The predicted octanol–water partition coefficient (Wildman–Crippen LogP) is 2.36. The average Bonchev–Trinajstić information content (AvgIpc) is 3.23. The molecule has 15 heteroatoms. The van der Waals surface area contributed by atoms with Gasteiger partial charge in [-0.05, 0) is 50.0 Å². The fourth-order valence-corrected chi connectivity index (χ4v) is 4.21. The van der Waals surface area contributed by atoms with Gasteiger partial charge in [0.1, 0.15) is 12.0 Å². The number of aryl methyl sites for hydroxylation is 1. The normalized spacial score (nSPS) is 17.6. The SMILES string of the molecule is CCCNC(=O)c1ccc(C)c(N=C2N=CNN3CC(C(=O)N(CCC)C(=O)OCOP(=O)(O)O)C(C)=C23)c1. The summed E-state index contributed by atoms with van der Waals surface area (Å²) in [5, 5.41) is 4.54. The highest BCUT2D eigenvalue weighted by atomic mass is 31.2. The van der Waals surface area contributed by atoms with E-state index in [9.17, 15) is 18.9 Å². The first-order valence-corrected chi connectivity index (χ1v) is 13.9. The van der Waals surface area contributed by atoms with Gasteiger partial charge >= 0.3 is 13.9 Å². The topological polar surface area (TPSA) is 182 Å². The van der Waals surface area contributed by atoms with E-state index in [2.05, 4.69) is 20.3 Å². The molecule has 2 heterocycles. The van der Waals surface area contributed by atoms with Gasteiger partial charge in [-0.1, -0.05) is 19.9 Å². The molecule has 1 aromatic carbocycles. The molecule has 39 heavy (non-hydrogen) atoms. The molecule has 0 aliphatic carbocycles. The summed E-state index contributed by atoms with van der Waals surface area (Å²) in [6.07, 6.45) is 1.60. The molecule has 0 saturated carbocycles. The van der Waals surface area contributed by atoms with Crippen molar-refractivity contribution in [3.63, 3.8) is 0 Å². The number of amidine groups is 1. The van der Waals surface area contributed by atoms with Gasteiger partial charge < -0.3 is 19.8 Å². The standard InChI is InChI=1S/C24H33N6O8P/c1-5-9-25-22(31)17-8-7-15(3)19(11-17)28-21-20-16(4)18(12-30(20)27-13-26-21)23(32)29(10-6-2)24(33)37-14-38-39(34,35)36/h7-8,11,13,18H,5-6,9-10,12,14H2,1-4H3,(H,25,31)(H,26,27,28)(H2,34,35,36). The van der Waals surface area contributed by atoms with Gasteiger partial charge in [-0.2, -0.15) is 0 Å². The second kappa shape index (κ2) is 13.0. The molecule has 2 aliphatic heterocycles. The van der Waals surface area contributed by atoms with Crippen LogP contribution in [0.5, 0.6) is 0 Å². The molecule has 1 unspecified atom stereocenters. The largest absolute Gasteiger partial charge is 0.472 e. The Morgan fingerprint density at radius 1 is 1.26 bits per heavy atom. The van der Waals surface area contributed by atoms with Crippen LogP contribution in [0.25, 0.3) is 0 Å². The lowest BCUT2D eigenvalue weighted by Crippen LogP contribution is -2.45. The second-order valence-electron chi connectivity index (χ2n) is 8.91. The molecule has 0 bridgehead atoms. The highest BCUT2D eigenvalue weighted by Crippen LogP contribution is 2.36. The number of phosphoric acid groups is 1.